The fourth-order valence-electron chi connectivity index (χ4n) is 3.33. The van der Waals surface area contributed by atoms with Crippen LogP contribution in [-0.2, 0) is 0 Å². The molecule has 0 saturated carbocycles. The summed E-state index contributed by atoms with van der Waals surface area (Å²) in [7, 11) is 0. The van der Waals surface area contributed by atoms with Gasteiger partial charge in [0, 0.05) is 12.6 Å². The van der Waals surface area contributed by atoms with Crippen LogP contribution in [0, 0.1) is 12.7 Å². The average Bonchev–Trinajstić information content (AvgIpc) is 2.96. The molecule has 4 nitrogen and oxygen atoms in total. The van der Waals surface area contributed by atoms with Gasteiger partial charge in [0.1, 0.15) is 11.5 Å². The maximum absolute atomic E-state index is 14.0. The second kappa shape index (κ2) is 6.52. The van der Waals surface area contributed by atoms with Crippen LogP contribution in [0.5, 0.6) is 0 Å². The van der Waals surface area contributed by atoms with E-state index in [-0.39, 0.29) is 11.7 Å². The lowest BCUT2D eigenvalue weighted by Crippen LogP contribution is -2.43. The lowest BCUT2D eigenvalue weighted by molar-refractivity contribution is 0.0607. The van der Waals surface area contributed by atoms with Gasteiger partial charge in [-0.2, -0.15) is 5.10 Å². The first kappa shape index (κ1) is 15.7. The minimum Gasteiger partial charge on any atom is -0.336 e. The van der Waals surface area contributed by atoms with Gasteiger partial charge in [0.05, 0.1) is 17.5 Å². The van der Waals surface area contributed by atoms with Crippen molar-refractivity contribution in [2.75, 3.05) is 6.54 Å². The molecule has 1 amide bonds. The standard InChI is InChI=1S/C18H22FN3O/c1-3-14-8-6-7-11-21(14)18(23)15-12-20-22(13(15)2)17-10-5-4-9-16(17)19/h4-5,9-10,12,14H,3,6-8,11H2,1-2H3. The van der Waals surface area contributed by atoms with E-state index in [0.29, 0.717) is 23.0 Å². The predicted octanol–water partition coefficient (Wildman–Crippen LogP) is 3.72. The number of piperidine rings is 1. The van der Waals surface area contributed by atoms with E-state index in [9.17, 15) is 9.18 Å². The van der Waals surface area contributed by atoms with Crippen molar-refractivity contribution in [3.63, 3.8) is 0 Å². The lowest BCUT2D eigenvalue weighted by atomic mass is 9.99. The van der Waals surface area contributed by atoms with Gasteiger partial charge in [-0.15, -0.1) is 0 Å². The Morgan fingerprint density at radius 1 is 1.35 bits per heavy atom. The molecule has 1 fully saturated rings. The summed E-state index contributed by atoms with van der Waals surface area (Å²) in [5.41, 5.74) is 1.61. The van der Waals surface area contributed by atoms with Gasteiger partial charge >= 0.3 is 0 Å². The minimum absolute atomic E-state index is 0.0108. The number of amides is 1. The molecule has 0 radical (unpaired) electrons. The van der Waals surface area contributed by atoms with Crippen molar-refractivity contribution < 1.29 is 9.18 Å². The van der Waals surface area contributed by atoms with Crippen molar-refractivity contribution in [1.82, 2.24) is 14.7 Å². The second-order valence-electron chi connectivity index (χ2n) is 6.06. The first-order chi connectivity index (χ1) is 11.1. The average molecular weight is 315 g/mol. The summed E-state index contributed by atoms with van der Waals surface area (Å²) >= 11 is 0. The zero-order valence-electron chi connectivity index (χ0n) is 13.6. The number of para-hydroxylation sites is 1. The number of halogens is 1. The lowest BCUT2D eigenvalue weighted by Gasteiger charge is -2.35. The van der Waals surface area contributed by atoms with Crippen molar-refractivity contribution in [3.05, 3.63) is 47.5 Å². The quantitative estimate of drug-likeness (QED) is 0.865. The van der Waals surface area contributed by atoms with Gasteiger partial charge in [-0.3, -0.25) is 4.79 Å². The van der Waals surface area contributed by atoms with E-state index in [1.807, 2.05) is 11.8 Å². The third kappa shape index (κ3) is 2.87. The number of hydrogen-bond acceptors (Lipinski definition) is 2. The zero-order valence-corrected chi connectivity index (χ0v) is 13.6. The maximum atomic E-state index is 14.0. The van der Waals surface area contributed by atoms with Crippen molar-refractivity contribution in [3.8, 4) is 5.69 Å². The molecule has 1 aromatic heterocycles. The number of nitrogens with zero attached hydrogens (tertiary/aromatic N) is 3. The number of carbonyl (C=O) groups is 1. The molecule has 2 aromatic rings. The van der Waals surface area contributed by atoms with E-state index in [0.717, 1.165) is 25.8 Å². The molecule has 0 spiro atoms. The fraction of sp³-hybridized carbons (Fsp3) is 0.444. The summed E-state index contributed by atoms with van der Waals surface area (Å²) in [6, 6.07) is 6.77. The summed E-state index contributed by atoms with van der Waals surface area (Å²) in [5, 5.41) is 4.24. The molecule has 1 aliphatic rings. The highest BCUT2D eigenvalue weighted by Gasteiger charge is 2.28. The van der Waals surface area contributed by atoms with Crippen LogP contribution < -0.4 is 0 Å². The van der Waals surface area contributed by atoms with Crippen molar-refractivity contribution in [2.45, 2.75) is 45.6 Å². The Labute approximate surface area is 135 Å². The molecule has 5 heteroatoms. The molecule has 1 saturated heterocycles. The van der Waals surface area contributed by atoms with Crippen LogP contribution in [0.25, 0.3) is 5.69 Å². The summed E-state index contributed by atoms with van der Waals surface area (Å²) in [5.74, 6) is -0.334. The topological polar surface area (TPSA) is 38.1 Å². The molecule has 2 heterocycles. The van der Waals surface area contributed by atoms with E-state index >= 15 is 0 Å². The minimum atomic E-state index is -0.345. The van der Waals surface area contributed by atoms with Gasteiger partial charge in [0.25, 0.3) is 5.91 Å². The van der Waals surface area contributed by atoms with Gasteiger partial charge < -0.3 is 4.90 Å². The third-order valence-electron chi connectivity index (χ3n) is 4.68. The Kier molecular flexibility index (Phi) is 4.46. The summed E-state index contributed by atoms with van der Waals surface area (Å²) in [4.78, 5) is 14.9. The Morgan fingerprint density at radius 3 is 2.87 bits per heavy atom. The third-order valence-corrected chi connectivity index (χ3v) is 4.68. The van der Waals surface area contributed by atoms with Crippen molar-refractivity contribution in [2.24, 2.45) is 0 Å². The highest BCUT2D eigenvalue weighted by molar-refractivity contribution is 5.95. The van der Waals surface area contributed by atoms with Crippen LogP contribution >= 0.6 is 0 Å². The first-order valence-electron chi connectivity index (χ1n) is 8.24. The second-order valence-corrected chi connectivity index (χ2v) is 6.06. The highest BCUT2D eigenvalue weighted by atomic mass is 19.1. The number of aromatic nitrogens is 2. The van der Waals surface area contributed by atoms with Crippen LogP contribution in [0.2, 0.25) is 0 Å². The number of benzene rings is 1. The number of likely N-dealkylation sites (tertiary alicyclic amines) is 1. The van der Waals surface area contributed by atoms with E-state index in [2.05, 4.69) is 12.0 Å². The van der Waals surface area contributed by atoms with E-state index in [1.54, 1.807) is 24.4 Å². The van der Waals surface area contributed by atoms with Crippen LogP contribution in [0.15, 0.2) is 30.5 Å². The van der Waals surface area contributed by atoms with E-state index in [4.69, 9.17) is 0 Å². The Hall–Kier alpha value is -2.17. The first-order valence-corrected chi connectivity index (χ1v) is 8.24. The van der Waals surface area contributed by atoms with Gasteiger partial charge in [-0.05, 0) is 44.7 Å². The van der Waals surface area contributed by atoms with E-state index < -0.39 is 0 Å². The molecule has 3 rings (SSSR count). The Balaban J connectivity index is 1.93. The molecule has 0 N–H and O–H groups in total. The molecule has 0 aliphatic carbocycles. The Bertz CT molecular complexity index is 710. The normalized spacial score (nSPS) is 18.2. The molecule has 1 unspecified atom stereocenters. The highest BCUT2D eigenvalue weighted by Crippen LogP contribution is 2.24. The van der Waals surface area contributed by atoms with Crippen molar-refractivity contribution >= 4 is 5.91 Å². The summed E-state index contributed by atoms with van der Waals surface area (Å²) < 4.78 is 15.5. The number of hydrogen-bond donors (Lipinski definition) is 0. The smallest absolute Gasteiger partial charge is 0.257 e. The predicted molar refractivity (Wildman–Crippen MR) is 87.2 cm³/mol. The van der Waals surface area contributed by atoms with Crippen LogP contribution in [-0.4, -0.2) is 33.2 Å². The van der Waals surface area contributed by atoms with Gasteiger partial charge in [0.2, 0.25) is 0 Å². The van der Waals surface area contributed by atoms with Crippen LogP contribution in [0.3, 0.4) is 0 Å². The van der Waals surface area contributed by atoms with Crippen molar-refractivity contribution in [1.29, 1.82) is 0 Å². The van der Waals surface area contributed by atoms with E-state index in [1.165, 1.54) is 17.2 Å². The van der Waals surface area contributed by atoms with Crippen LogP contribution in [0.1, 0.15) is 48.7 Å². The van der Waals surface area contributed by atoms with Crippen LogP contribution in [0.4, 0.5) is 4.39 Å². The molecular weight excluding hydrogens is 293 g/mol. The van der Waals surface area contributed by atoms with Gasteiger partial charge in [0.15, 0.2) is 0 Å². The molecule has 23 heavy (non-hydrogen) atoms. The molecular formula is C18H22FN3O. The van der Waals surface area contributed by atoms with Gasteiger partial charge in [-0.1, -0.05) is 19.1 Å². The molecule has 0 bridgehead atoms. The number of rotatable bonds is 3. The molecule has 1 aliphatic heterocycles. The maximum Gasteiger partial charge on any atom is 0.257 e. The molecule has 1 atom stereocenters. The zero-order chi connectivity index (χ0) is 16.4. The fourth-order valence-corrected chi connectivity index (χ4v) is 3.33. The number of carbonyl (C=O) groups excluding carboxylic acids is 1. The monoisotopic (exact) mass is 315 g/mol. The SMILES string of the molecule is CCC1CCCCN1C(=O)c1cnn(-c2ccccc2F)c1C. The van der Waals surface area contributed by atoms with Gasteiger partial charge in [-0.25, -0.2) is 9.07 Å². The summed E-state index contributed by atoms with van der Waals surface area (Å²) in [6.07, 6.45) is 5.80. The molecule has 122 valence electrons. The largest absolute Gasteiger partial charge is 0.336 e. The molecule has 1 aromatic carbocycles. The summed E-state index contributed by atoms with van der Waals surface area (Å²) in [6.45, 7) is 4.73. The Morgan fingerprint density at radius 2 is 2.13 bits per heavy atom.